The van der Waals surface area contributed by atoms with E-state index in [1.165, 1.54) is 6.92 Å². The van der Waals surface area contributed by atoms with Gasteiger partial charge in [0, 0.05) is 6.92 Å². The number of alkyl halides is 1. The minimum Gasteiger partial charge on any atom is -0.464 e. The van der Waals surface area contributed by atoms with Crippen LogP contribution in [-0.2, 0) is 20.7 Å². The summed E-state index contributed by atoms with van der Waals surface area (Å²) in [6.07, 6.45) is -0.351. The monoisotopic (exact) mass is 300 g/mol. The highest BCUT2D eigenvalue weighted by molar-refractivity contribution is 6.20. The van der Waals surface area contributed by atoms with E-state index in [1.54, 1.807) is 25.1 Å². The van der Waals surface area contributed by atoms with Gasteiger partial charge in [0.15, 0.2) is 0 Å². The molecule has 1 atom stereocenters. The predicted octanol–water partition coefficient (Wildman–Crippen LogP) is 2.93. The minimum absolute atomic E-state index is 0.102. The van der Waals surface area contributed by atoms with Crippen LogP contribution in [0, 0.1) is 0 Å². The van der Waals surface area contributed by atoms with Crippen molar-refractivity contribution >= 4 is 23.7 Å². The molecule has 5 nitrogen and oxygen atoms in total. The molecule has 0 radical (unpaired) electrons. The summed E-state index contributed by atoms with van der Waals surface area (Å²) in [5.41, 5.74) is 0.743. The second kappa shape index (κ2) is 8.43. The van der Waals surface area contributed by atoms with E-state index >= 15 is 0 Å². The van der Waals surface area contributed by atoms with Crippen molar-refractivity contribution in [2.24, 2.45) is 0 Å². The van der Waals surface area contributed by atoms with Crippen molar-refractivity contribution in [1.82, 2.24) is 0 Å². The molecule has 1 unspecified atom stereocenters. The topological polar surface area (TPSA) is 61.8 Å². The smallest absolute Gasteiger partial charge is 0.464 e. The van der Waals surface area contributed by atoms with Crippen LogP contribution < -0.4 is 4.74 Å². The zero-order valence-corrected chi connectivity index (χ0v) is 12.2. The normalized spacial score (nSPS) is 11.6. The van der Waals surface area contributed by atoms with Crippen molar-refractivity contribution in [3.8, 4) is 5.75 Å². The Balaban J connectivity index is 2.65. The summed E-state index contributed by atoms with van der Waals surface area (Å²) in [7, 11) is 0. The van der Waals surface area contributed by atoms with E-state index in [-0.39, 0.29) is 19.2 Å². The van der Waals surface area contributed by atoms with Gasteiger partial charge in [0.1, 0.15) is 12.4 Å². The van der Waals surface area contributed by atoms with Crippen LogP contribution in [0.2, 0.25) is 0 Å². The average molecular weight is 301 g/mol. The summed E-state index contributed by atoms with van der Waals surface area (Å²) in [6.45, 7) is 3.36. The van der Waals surface area contributed by atoms with Gasteiger partial charge in [-0.2, -0.15) is 0 Å². The Morgan fingerprint density at radius 1 is 1.25 bits per heavy atom. The third-order valence-corrected chi connectivity index (χ3v) is 2.62. The highest BCUT2D eigenvalue weighted by Crippen LogP contribution is 2.21. The Labute approximate surface area is 122 Å². The maximum Gasteiger partial charge on any atom is 0.513 e. The summed E-state index contributed by atoms with van der Waals surface area (Å²) < 4.78 is 14.6. The van der Waals surface area contributed by atoms with Crippen molar-refractivity contribution in [3.63, 3.8) is 0 Å². The van der Waals surface area contributed by atoms with Crippen LogP contribution in [-0.4, -0.2) is 30.7 Å². The maximum atomic E-state index is 11.3. The Morgan fingerprint density at radius 3 is 2.60 bits per heavy atom. The molecule has 0 aromatic heterocycles. The number of carbonyl (C=O) groups is 2. The lowest BCUT2D eigenvalue weighted by atomic mass is 10.1. The zero-order valence-electron chi connectivity index (χ0n) is 11.4. The molecule has 6 heteroatoms. The van der Waals surface area contributed by atoms with Crippen LogP contribution in [0.3, 0.4) is 0 Å². The van der Waals surface area contributed by atoms with Gasteiger partial charge in [-0.15, -0.1) is 11.6 Å². The lowest BCUT2D eigenvalue weighted by Crippen LogP contribution is -2.16. The summed E-state index contributed by atoms with van der Waals surface area (Å²) in [6, 6.07) is 7.00. The van der Waals surface area contributed by atoms with Crippen molar-refractivity contribution < 1.29 is 23.8 Å². The second-order valence-electron chi connectivity index (χ2n) is 4.00. The number of benzene rings is 1. The lowest BCUT2D eigenvalue weighted by Gasteiger charge is -2.13. The molecule has 1 rings (SSSR count). The molecule has 0 heterocycles. The Morgan fingerprint density at radius 2 is 1.95 bits per heavy atom. The summed E-state index contributed by atoms with van der Waals surface area (Å²) in [4.78, 5) is 22.0. The predicted molar refractivity (Wildman–Crippen MR) is 74.1 cm³/mol. The number of hydrogen-bond acceptors (Lipinski definition) is 5. The van der Waals surface area contributed by atoms with Crippen LogP contribution in [0.4, 0.5) is 4.79 Å². The summed E-state index contributed by atoms with van der Waals surface area (Å²) >= 11 is 6.08. The van der Waals surface area contributed by atoms with E-state index in [0.717, 1.165) is 5.56 Å². The SMILES string of the molecule is CCOC(=O)Oc1ccccc1CC(Cl)COC(C)=O. The molecule has 0 aliphatic carbocycles. The summed E-state index contributed by atoms with van der Waals surface area (Å²) in [5.74, 6) is 0.00568. The first-order valence-corrected chi connectivity index (χ1v) is 6.66. The molecule has 0 saturated carbocycles. The van der Waals surface area contributed by atoms with E-state index in [9.17, 15) is 9.59 Å². The fourth-order valence-electron chi connectivity index (χ4n) is 1.51. The van der Waals surface area contributed by atoms with Crippen LogP contribution in [0.1, 0.15) is 19.4 Å². The van der Waals surface area contributed by atoms with Gasteiger partial charge in [0.25, 0.3) is 0 Å². The Kier molecular flexibility index (Phi) is 6.87. The van der Waals surface area contributed by atoms with E-state index in [0.29, 0.717) is 12.2 Å². The molecule has 110 valence electrons. The number of rotatable bonds is 6. The fourth-order valence-corrected chi connectivity index (χ4v) is 1.74. The first-order valence-electron chi connectivity index (χ1n) is 6.22. The zero-order chi connectivity index (χ0) is 15.0. The minimum atomic E-state index is -0.758. The van der Waals surface area contributed by atoms with Gasteiger partial charge in [-0.25, -0.2) is 4.79 Å². The van der Waals surface area contributed by atoms with Crippen LogP contribution in [0.5, 0.6) is 5.75 Å². The third-order valence-electron chi connectivity index (χ3n) is 2.34. The summed E-state index contributed by atoms with van der Waals surface area (Å²) in [5, 5.41) is -0.397. The molecule has 1 aromatic carbocycles. The standard InChI is InChI=1S/C14H17ClO5/c1-3-18-14(17)20-13-7-5-4-6-11(13)8-12(15)9-19-10(2)16/h4-7,12H,3,8-9H2,1-2H3. The lowest BCUT2D eigenvalue weighted by molar-refractivity contribution is -0.140. The van der Waals surface area contributed by atoms with Crippen LogP contribution >= 0.6 is 11.6 Å². The van der Waals surface area contributed by atoms with Crippen LogP contribution in [0.25, 0.3) is 0 Å². The second-order valence-corrected chi connectivity index (χ2v) is 4.61. The molecule has 0 fully saturated rings. The number of para-hydroxylation sites is 1. The molecule has 0 spiro atoms. The van der Waals surface area contributed by atoms with Gasteiger partial charge in [-0.1, -0.05) is 18.2 Å². The number of halogens is 1. The van der Waals surface area contributed by atoms with E-state index < -0.39 is 11.5 Å². The molecule has 0 aliphatic heterocycles. The maximum absolute atomic E-state index is 11.3. The average Bonchev–Trinajstić information content (AvgIpc) is 2.39. The van der Waals surface area contributed by atoms with Crippen molar-refractivity contribution in [2.75, 3.05) is 13.2 Å². The van der Waals surface area contributed by atoms with Gasteiger partial charge < -0.3 is 14.2 Å². The van der Waals surface area contributed by atoms with Gasteiger partial charge in [-0.05, 0) is 25.0 Å². The number of hydrogen-bond donors (Lipinski definition) is 0. The quantitative estimate of drug-likeness (QED) is 0.459. The van der Waals surface area contributed by atoms with Gasteiger partial charge in [0.05, 0.1) is 12.0 Å². The first kappa shape index (κ1) is 16.3. The number of esters is 1. The number of carbonyl (C=O) groups excluding carboxylic acids is 2. The highest BCUT2D eigenvalue weighted by Gasteiger charge is 2.14. The van der Waals surface area contributed by atoms with E-state index in [4.69, 9.17) is 25.8 Å². The van der Waals surface area contributed by atoms with E-state index in [2.05, 4.69) is 0 Å². The van der Waals surface area contributed by atoms with Crippen molar-refractivity contribution in [1.29, 1.82) is 0 Å². The van der Waals surface area contributed by atoms with Gasteiger partial charge >= 0.3 is 12.1 Å². The molecular weight excluding hydrogens is 284 g/mol. The molecule has 0 aliphatic rings. The Bertz CT molecular complexity index is 461. The highest BCUT2D eigenvalue weighted by atomic mass is 35.5. The molecule has 0 bridgehead atoms. The third kappa shape index (κ3) is 5.93. The molecule has 20 heavy (non-hydrogen) atoms. The van der Waals surface area contributed by atoms with Gasteiger partial charge in [-0.3, -0.25) is 4.79 Å². The van der Waals surface area contributed by atoms with Gasteiger partial charge in [0.2, 0.25) is 0 Å². The first-order chi connectivity index (χ1) is 9.52. The largest absolute Gasteiger partial charge is 0.513 e. The van der Waals surface area contributed by atoms with E-state index in [1.807, 2.05) is 6.07 Å². The molecule has 0 N–H and O–H groups in total. The van der Waals surface area contributed by atoms with Crippen LogP contribution in [0.15, 0.2) is 24.3 Å². The molecule has 1 aromatic rings. The molecule has 0 amide bonds. The van der Waals surface area contributed by atoms with Crippen molar-refractivity contribution in [2.45, 2.75) is 25.6 Å². The molecule has 0 saturated heterocycles. The Hall–Kier alpha value is -1.75. The molecular formula is C14H17ClO5. The fraction of sp³-hybridized carbons (Fsp3) is 0.429. The van der Waals surface area contributed by atoms with Crippen molar-refractivity contribution in [3.05, 3.63) is 29.8 Å². The number of ether oxygens (including phenoxy) is 3.